The summed E-state index contributed by atoms with van der Waals surface area (Å²) in [5.74, 6) is 0. The molecular formula is C14H18F3N3. The number of benzene rings is 1. The number of hydrogen-bond donors (Lipinski definition) is 1. The third-order valence-corrected chi connectivity index (χ3v) is 3.39. The van der Waals surface area contributed by atoms with Crippen molar-refractivity contribution in [3.63, 3.8) is 0 Å². The fourth-order valence-corrected chi connectivity index (χ4v) is 2.31. The lowest BCUT2D eigenvalue weighted by molar-refractivity contribution is -0.137. The number of nitrogens with two attached hydrogens (primary N) is 1. The van der Waals surface area contributed by atoms with Gasteiger partial charge in [-0.15, -0.1) is 0 Å². The Morgan fingerprint density at radius 2 is 1.85 bits per heavy atom. The Labute approximate surface area is 116 Å². The van der Waals surface area contributed by atoms with Crippen LogP contribution in [0.2, 0.25) is 0 Å². The van der Waals surface area contributed by atoms with Gasteiger partial charge in [0.2, 0.25) is 0 Å². The van der Waals surface area contributed by atoms with Crippen LogP contribution in [0.4, 0.5) is 18.9 Å². The van der Waals surface area contributed by atoms with Crippen molar-refractivity contribution in [2.24, 2.45) is 5.10 Å². The van der Waals surface area contributed by atoms with Crippen molar-refractivity contribution in [3.8, 4) is 0 Å². The van der Waals surface area contributed by atoms with Crippen LogP contribution in [0.1, 0.15) is 37.3 Å². The van der Waals surface area contributed by atoms with E-state index in [-0.39, 0.29) is 5.69 Å². The number of hydrazone groups is 1. The van der Waals surface area contributed by atoms with E-state index < -0.39 is 11.7 Å². The second-order valence-corrected chi connectivity index (χ2v) is 5.00. The van der Waals surface area contributed by atoms with E-state index in [0.717, 1.165) is 38.1 Å². The first kappa shape index (κ1) is 14.7. The zero-order valence-corrected chi connectivity index (χ0v) is 11.4. The zero-order valence-electron chi connectivity index (χ0n) is 11.4. The van der Waals surface area contributed by atoms with Crippen molar-refractivity contribution in [2.75, 3.05) is 18.8 Å². The van der Waals surface area contributed by atoms with Crippen molar-refractivity contribution in [1.82, 2.24) is 5.01 Å². The molecule has 1 fully saturated rings. The van der Waals surface area contributed by atoms with Gasteiger partial charge in [-0.25, -0.2) is 0 Å². The molecule has 0 aromatic heterocycles. The van der Waals surface area contributed by atoms with E-state index >= 15 is 0 Å². The van der Waals surface area contributed by atoms with Gasteiger partial charge in [-0.3, -0.25) is 5.01 Å². The van der Waals surface area contributed by atoms with Crippen LogP contribution in [0.5, 0.6) is 0 Å². The predicted octanol–water partition coefficient (Wildman–Crippen LogP) is 3.50. The Hall–Kier alpha value is -1.72. The number of rotatable bonds is 2. The lowest BCUT2D eigenvalue weighted by Gasteiger charge is -2.24. The minimum absolute atomic E-state index is 0.109. The van der Waals surface area contributed by atoms with Gasteiger partial charge in [0, 0.05) is 24.3 Å². The Balaban J connectivity index is 2.21. The molecule has 0 bridgehead atoms. The minimum Gasteiger partial charge on any atom is -0.398 e. The van der Waals surface area contributed by atoms with Gasteiger partial charge in [-0.2, -0.15) is 18.3 Å². The number of alkyl halides is 3. The quantitative estimate of drug-likeness (QED) is 0.667. The monoisotopic (exact) mass is 285 g/mol. The summed E-state index contributed by atoms with van der Waals surface area (Å²) in [6, 6.07) is 3.40. The summed E-state index contributed by atoms with van der Waals surface area (Å²) in [6.07, 6.45) is -0.976. The molecular weight excluding hydrogens is 267 g/mol. The molecule has 1 aliphatic heterocycles. The Kier molecular flexibility index (Phi) is 4.20. The molecule has 0 unspecified atom stereocenters. The maximum Gasteiger partial charge on any atom is 0.416 e. The summed E-state index contributed by atoms with van der Waals surface area (Å²) in [6.45, 7) is 3.54. The van der Waals surface area contributed by atoms with Crippen molar-refractivity contribution >= 4 is 11.4 Å². The first-order valence-corrected chi connectivity index (χ1v) is 6.65. The SMILES string of the molecule is C/C(=N\N1CCCCC1)c1ccc(C(F)(F)F)cc1N. The summed E-state index contributed by atoms with van der Waals surface area (Å²) in [5, 5.41) is 6.40. The molecule has 2 rings (SSSR count). The fraction of sp³-hybridized carbons (Fsp3) is 0.500. The predicted molar refractivity (Wildman–Crippen MR) is 73.5 cm³/mol. The van der Waals surface area contributed by atoms with E-state index in [1.54, 1.807) is 6.92 Å². The summed E-state index contributed by atoms with van der Waals surface area (Å²) >= 11 is 0. The first-order chi connectivity index (χ1) is 9.38. The highest BCUT2D eigenvalue weighted by Gasteiger charge is 2.30. The van der Waals surface area contributed by atoms with Gasteiger partial charge in [0.1, 0.15) is 0 Å². The fourth-order valence-electron chi connectivity index (χ4n) is 2.31. The maximum absolute atomic E-state index is 12.6. The summed E-state index contributed by atoms with van der Waals surface area (Å²) < 4.78 is 37.7. The lowest BCUT2D eigenvalue weighted by Crippen LogP contribution is -2.26. The van der Waals surface area contributed by atoms with Gasteiger partial charge in [-0.1, -0.05) is 6.07 Å². The molecule has 1 aromatic carbocycles. The molecule has 110 valence electrons. The van der Waals surface area contributed by atoms with Crippen molar-refractivity contribution in [2.45, 2.75) is 32.4 Å². The van der Waals surface area contributed by atoms with Gasteiger partial charge in [0.15, 0.2) is 0 Å². The van der Waals surface area contributed by atoms with Gasteiger partial charge >= 0.3 is 6.18 Å². The second-order valence-electron chi connectivity index (χ2n) is 5.00. The molecule has 0 radical (unpaired) electrons. The Morgan fingerprint density at radius 1 is 1.20 bits per heavy atom. The smallest absolute Gasteiger partial charge is 0.398 e. The van der Waals surface area contributed by atoms with E-state index in [9.17, 15) is 13.2 Å². The van der Waals surface area contributed by atoms with Crippen molar-refractivity contribution in [1.29, 1.82) is 0 Å². The van der Waals surface area contributed by atoms with Crippen LogP contribution >= 0.6 is 0 Å². The third-order valence-electron chi connectivity index (χ3n) is 3.39. The molecule has 1 aliphatic rings. The highest BCUT2D eigenvalue weighted by Crippen LogP contribution is 2.31. The molecule has 1 saturated heterocycles. The van der Waals surface area contributed by atoms with E-state index in [0.29, 0.717) is 11.3 Å². The zero-order chi connectivity index (χ0) is 14.8. The molecule has 1 heterocycles. The number of nitrogens with zero attached hydrogens (tertiary/aromatic N) is 2. The number of piperidine rings is 1. The highest BCUT2D eigenvalue weighted by atomic mass is 19.4. The average molecular weight is 285 g/mol. The van der Waals surface area contributed by atoms with Crippen LogP contribution in [0.15, 0.2) is 23.3 Å². The normalized spacial score (nSPS) is 17.4. The van der Waals surface area contributed by atoms with Gasteiger partial charge < -0.3 is 5.73 Å². The van der Waals surface area contributed by atoms with E-state index in [1.165, 1.54) is 12.5 Å². The van der Waals surface area contributed by atoms with Gasteiger partial charge in [0.25, 0.3) is 0 Å². The van der Waals surface area contributed by atoms with Gasteiger partial charge in [0.05, 0.1) is 11.3 Å². The third kappa shape index (κ3) is 3.43. The van der Waals surface area contributed by atoms with Crippen LogP contribution in [0.25, 0.3) is 0 Å². The molecule has 0 saturated carbocycles. The number of halogens is 3. The molecule has 1 aromatic rings. The van der Waals surface area contributed by atoms with Crippen LogP contribution in [-0.2, 0) is 6.18 Å². The summed E-state index contributed by atoms with van der Waals surface area (Å²) in [5.41, 5.74) is 6.31. The summed E-state index contributed by atoms with van der Waals surface area (Å²) in [4.78, 5) is 0. The Bertz CT molecular complexity index is 503. The van der Waals surface area contributed by atoms with Crippen LogP contribution in [0, 0.1) is 0 Å². The number of hydrogen-bond acceptors (Lipinski definition) is 3. The first-order valence-electron chi connectivity index (χ1n) is 6.65. The molecule has 3 nitrogen and oxygen atoms in total. The van der Waals surface area contributed by atoms with E-state index in [1.807, 2.05) is 5.01 Å². The molecule has 20 heavy (non-hydrogen) atoms. The topological polar surface area (TPSA) is 41.6 Å². The number of nitrogen functional groups attached to an aromatic ring is 1. The highest BCUT2D eigenvalue weighted by molar-refractivity contribution is 6.03. The van der Waals surface area contributed by atoms with Gasteiger partial charge in [-0.05, 0) is 38.3 Å². The van der Waals surface area contributed by atoms with Crippen LogP contribution in [-0.4, -0.2) is 23.8 Å². The van der Waals surface area contributed by atoms with Crippen LogP contribution < -0.4 is 5.73 Å². The molecule has 2 N–H and O–H groups in total. The number of anilines is 1. The Morgan fingerprint density at radius 3 is 2.40 bits per heavy atom. The molecule has 0 atom stereocenters. The molecule has 0 aliphatic carbocycles. The van der Waals surface area contributed by atoms with Crippen LogP contribution in [0.3, 0.4) is 0 Å². The van der Waals surface area contributed by atoms with Crippen molar-refractivity contribution in [3.05, 3.63) is 29.3 Å². The summed E-state index contributed by atoms with van der Waals surface area (Å²) in [7, 11) is 0. The van der Waals surface area contributed by atoms with E-state index in [4.69, 9.17) is 5.73 Å². The molecule has 6 heteroatoms. The maximum atomic E-state index is 12.6. The molecule has 0 spiro atoms. The standard InChI is InChI=1S/C14H18F3N3/c1-10(19-20-7-3-2-4-8-20)12-6-5-11(9-13(12)18)14(15,16)17/h5-6,9H,2-4,7-8,18H2,1H3/b19-10+. The molecule has 0 amide bonds. The van der Waals surface area contributed by atoms with E-state index in [2.05, 4.69) is 5.10 Å². The minimum atomic E-state index is -4.37. The largest absolute Gasteiger partial charge is 0.416 e. The lowest BCUT2D eigenvalue weighted by atomic mass is 10.1. The second kappa shape index (κ2) is 5.73. The average Bonchev–Trinajstić information content (AvgIpc) is 2.38. The van der Waals surface area contributed by atoms with Crippen molar-refractivity contribution < 1.29 is 13.2 Å².